The number of rotatable bonds is 2. The van der Waals surface area contributed by atoms with Crippen LogP contribution in [0.15, 0.2) is 42.5 Å². The van der Waals surface area contributed by atoms with Crippen molar-refractivity contribution in [3.63, 3.8) is 0 Å². The molecule has 0 unspecified atom stereocenters. The molecule has 1 N–H and O–H groups in total. The standard InChI is InChI=1S/C15H12N2O/c1-10-7-12-8-11(5-6-15(12)16-10)14-4-2-3-13(9-18)17-14/h2-9,16H,1H3. The van der Waals surface area contributed by atoms with E-state index >= 15 is 0 Å². The van der Waals surface area contributed by atoms with Crippen LogP contribution in [0.1, 0.15) is 16.2 Å². The molecule has 0 aliphatic rings. The van der Waals surface area contributed by atoms with Crippen molar-refractivity contribution in [3.05, 3.63) is 53.9 Å². The van der Waals surface area contributed by atoms with Gasteiger partial charge in [0.1, 0.15) is 5.69 Å². The van der Waals surface area contributed by atoms with Crippen LogP contribution in [0.5, 0.6) is 0 Å². The van der Waals surface area contributed by atoms with Crippen LogP contribution in [-0.4, -0.2) is 16.3 Å². The van der Waals surface area contributed by atoms with Gasteiger partial charge in [0.05, 0.1) is 5.69 Å². The van der Waals surface area contributed by atoms with Crippen molar-refractivity contribution in [2.75, 3.05) is 0 Å². The number of fused-ring (bicyclic) bond motifs is 1. The van der Waals surface area contributed by atoms with Crippen molar-refractivity contribution in [1.29, 1.82) is 0 Å². The second-order valence-corrected chi connectivity index (χ2v) is 4.32. The lowest BCUT2D eigenvalue weighted by Crippen LogP contribution is -1.89. The van der Waals surface area contributed by atoms with E-state index in [1.807, 2.05) is 31.2 Å². The summed E-state index contributed by atoms with van der Waals surface area (Å²) in [5.74, 6) is 0. The van der Waals surface area contributed by atoms with E-state index < -0.39 is 0 Å². The van der Waals surface area contributed by atoms with E-state index in [-0.39, 0.29) is 0 Å². The molecule has 0 bridgehead atoms. The lowest BCUT2D eigenvalue weighted by Gasteiger charge is -2.01. The van der Waals surface area contributed by atoms with Gasteiger partial charge in [-0.25, -0.2) is 4.98 Å². The number of nitrogens with zero attached hydrogens (tertiary/aromatic N) is 1. The number of aryl methyl sites for hydroxylation is 1. The van der Waals surface area contributed by atoms with E-state index in [0.717, 1.165) is 34.1 Å². The van der Waals surface area contributed by atoms with E-state index in [1.54, 1.807) is 6.07 Å². The molecule has 18 heavy (non-hydrogen) atoms. The summed E-state index contributed by atoms with van der Waals surface area (Å²) < 4.78 is 0. The first-order valence-electron chi connectivity index (χ1n) is 5.78. The summed E-state index contributed by atoms with van der Waals surface area (Å²) >= 11 is 0. The highest BCUT2D eigenvalue weighted by Gasteiger charge is 2.03. The zero-order valence-corrected chi connectivity index (χ0v) is 9.97. The van der Waals surface area contributed by atoms with Gasteiger partial charge in [0.25, 0.3) is 0 Å². The lowest BCUT2D eigenvalue weighted by molar-refractivity contribution is 0.111. The number of carbonyl (C=O) groups excluding carboxylic acids is 1. The third-order valence-electron chi connectivity index (χ3n) is 2.94. The third kappa shape index (κ3) is 1.80. The molecular formula is C15H12N2O. The Bertz CT molecular complexity index is 728. The van der Waals surface area contributed by atoms with Crippen molar-refractivity contribution in [2.45, 2.75) is 6.92 Å². The van der Waals surface area contributed by atoms with Gasteiger partial charge in [-0.15, -0.1) is 0 Å². The van der Waals surface area contributed by atoms with Gasteiger partial charge in [-0.3, -0.25) is 4.79 Å². The van der Waals surface area contributed by atoms with Crippen molar-refractivity contribution in [2.24, 2.45) is 0 Å². The molecule has 1 aromatic carbocycles. The number of hydrogen-bond acceptors (Lipinski definition) is 2. The summed E-state index contributed by atoms with van der Waals surface area (Å²) in [4.78, 5) is 18.3. The van der Waals surface area contributed by atoms with Crippen LogP contribution in [0.3, 0.4) is 0 Å². The lowest BCUT2D eigenvalue weighted by atomic mass is 10.1. The highest BCUT2D eigenvalue weighted by atomic mass is 16.1. The van der Waals surface area contributed by atoms with Crippen molar-refractivity contribution in [1.82, 2.24) is 9.97 Å². The van der Waals surface area contributed by atoms with Gasteiger partial charge in [-0.1, -0.05) is 12.1 Å². The van der Waals surface area contributed by atoms with Crippen molar-refractivity contribution in [3.8, 4) is 11.3 Å². The van der Waals surface area contributed by atoms with E-state index in [4.69, 9.17) is 0 Å². The molecule has 0 fully saturated rings. The van der Waals surface area contributed by atoms with Gasteiger partial charge in [0.15, 0.2) is 6.29 Å². The predicted molar refractivity (Wildman–Crippen MR) is 71.7 cm³/mol. The quantitative estimate of drug-likeness (QED) is 0.693. The van der Waals surface area contributed by atoms with Crippen LogP contribution in [0.25, 0.3) is 22.2 Å². The number of nitrogens with one attached hydrogen (secondary N) is 1. The second kappa shape index (κ2) is 4.11. The molecule has 88 valence electrons. The molecule has 0 saturated carbocycles. The summed E-state index contributed by atoms with van der Waals surface area (Å²) in [5, 5.41) is 1.16. The normalized spacial score (nSPS) is 10.7. The molecule has 2 heterocycles. The van der Waals surface area contributed by atoms with E-state index in [2.05, 4.69) is 22.1 Å². The molecule has 3 heteroatoms. The molecule has 0 spiro atoms. The first-order valence-corrected chi connectivity index (χ1v) is 5.78. The maximum atomic E-state index is 10.7. The first kappa shape index (κ1) is 10.7. The number of aromatic amines is 1. The van der Waals surface area contributed by atoms with E-state index in [1.165, 1.54) is 0 Å². The number of benzene rings is 1. The molecule has 0 aliphatic heterocycles. The molecule has 3 nitrogen and oxygen atoms in total. The van der Waals surface area contributed by atoms with Gasteiger partial charge in [0.2, 0.25) is 0 Å². The molecule has 3 rings (SSSR count). The molecule has 3 aromatic rings. The van der Waals surface area contributed by atoms with E-state index in [0.29, 0.717) is 5.69 Å². The minimum Gasteiger partial charge on any atom is -0.359 e. The molecule has 0 saturated heterocycles. The summed E-state index contributed by atoms with van der Waals surface area (Å²) in [5.41, 5.74) is 4.54. The van der Waals surface area contributed by atoms with Crippen LogP contribution in [0, 0.1) is 6.92 Å². The minimum atomic E-state index is 0.456. The highest BCUT2D eigenvalue weighted by Crippen LogP contribution is 2.23. The Kier molecular flexibility index (Phi) is 2.45. The van der Waals surface area contributed by atoms with Gasteiger partial charge >= 0.3 is 0 Å². The topological polar surface area (TPSA) is 45.8 Å². The Morgan fingerprint density at radius 3 is 2.89 bits per heavy atom. The SMILES string of the molecule is Cc1cc2cc(-c3cccc(C=O)n3)ccc2[nH]1. The number of carbonyl (C=O) groups is 1. The Balaban J connectivity index is 2.15. The molecule has 0 radical (unpaired) electrons. The zero-order chi connectivity index (χ0) is 12.5. The average molecular weight is 236 g/mol. The molecule has 0 amide bonds. The molecule has 2 aromatic heterocycles. The van der Waals surface area contributed by atoms with Crippen LogP contribution in [0.2, 0.25) is 0 Å². The highest BCUT2D eigenvalue weighted by molar-refractivity contribution is 5.85. The summed E-state index contributed by atoms with van der Waals surface area (Å²) in [6, 6.07) is 13.7. The monoisotopic (exact) mass is 236 g/mol. The Morgan fingerprint density at radius 2 is 2.06 bits per heavy atom. The maximum Gasteiger partial charge on any atom is 0.168 e. The minimum absolute atomic E-state index is 0.456. The third-order valence-corrected chi connectivity index (χ3v) is 2.94. The Morgan fingerprint density at radius 1 is 1.17 bits per heavy atom. The van der Waals surface area contributed by atoms with Crippen LogP contribution in [-0.2, 0) is 0 Å². The largest absolute Gasteiger partial charge is 0.359 e. The number of H-pyrrole nitrogens is 1. The van der Waals surface area contributed by atoms with Gasteiger partial charge < -0.3 is 4.98 Å². The fraction of sp³-hybridized carbons (Fsp3) is 0.0667. The van der Waals surface area contributed by atoms with Crippen LogP contribution < -0.4 is 0 Å². The number of aldehydes is 1. The van der Waals surface area contributed by atoms with Gasteiger partial charge in [0, 0.05) is 22.2 Å². The summed E-state index contributed by atoms with van der Waals surface area (Å²) in [6.07, 6.45) is 0.766. The predicted octanol–water partition coefficient (Wildman–Crippen LogP) is 3.35. The first-order chi connectivity index (χ1) is 8.76. The maximum absolute atomic E-state index is 10.7. The fourth-order valence-electron chi connectivity index (χ4n) is 2.11. The Labute approximate surface area is 104 Å². The zero-order valence-electron chi connectivity index (χ0n) is 9.97. The molecule has 0 atom stereocenters. The Hall–Kier alpha value is -2.42. The van der Waals surface area contributed by atoms with Gasteiger partial charge in [-0.05, 0) is 37.3 Å². The number of pyridine rings is 1. The summed E-state index contributed by atoms with van der Waals surface area (Å²) in [6.45, 7) is 2.03. The van der Waals surface area contributed by atoms with Gasteiger partial charge in [-0.2, -0.15) is 0 Å². The van der Waals surface area contributed by atoms with Crippen LogP contribution in [0.4, 0.5) is 0 Å². The molecular weight excluding hydrogens is 224 g/mol. The summed E-state index contributed by atoms with van der Waals surface area (Å²) in [7, 11) is 0. The van der Waals surface area contributed by atoms with Crippen molar-refractivity contribution >= 4 is 17.2 Å². The smallest absolute Gasteiger partial charge is 0.168 e. The number of hydrogen-bond donors (Lipinski definition) is 1. The fourth-order valence-corrected chi connectivity index (χ4v) is 2.11. The number of aromatic nitrogens is 2. The second-order valence-electron chi connectivity index (χ2n) is 4.32. The van der Waals surface area contributed by atoms with Crippen LogP contribution >= 0.6 is 0 Å². The van der Waals surface area contributed by atoms with E-state index in [9.17, 15) is 4.79 Å². The molecule has 0 aliphatic carbocycles. The average Bonchev–Trinajstić information content (AvgIpc) is 2.77. The van der Waals surface area contributed by atoms with Crippen molar-refractivity contribution < 1.29 is 4.79 Å².